The highest BCUT2D eigenvalue weighted by Crippen LogP contribution is 2.27. The molecule has 0 spiro atoms. The number of nitrogens with zero attached hydrogens (tertiary/aromatic N) is 2. The first-order valence-electron chi connectivity index (χ1n) is 8.83. The van der Waals surface area contributed by atoms with Crippen LogP contribution in [0.5, 0.6) is 11.5 Å². The Hall–Kier alpha value is -3.88. The van der Waals surface area contributed by atoms with E-state index in [0.717, 1.165) is 0 Å². The number of benzene rings is 2. The molecular weight excluding hydrogens is 379 g/mol. The first kappa shape index (κ1) is 18.5. The van der Waals surface area contributed by atoms with Crippen LogP contribution in [0, 0.1) is 5.82 Å². The number of halogens is 1. The third-order valence-electron chi connectivity index (χ3n) is 4.40. The van der Waals surface area contributed by atoms with Crippen molar-refractivity contribution in [3.05, 3.63) is 68.6 Å². The number of aromatic amines is 2. The highest BCUT2D eigenvalue weighted by Gasteiger charge is 2.13. The molecule has 29 heavy (non-hydrogen) atoms. The average molecular weight is 396 g/mol. The topological polar surface area (TPSA) is 101 Å². The molecule has 0 fully saturated rings. The molecule has 0 aliphatic carbocycles. The molecule has 0 atom stereocenters. The van der Waals surface area contributed by atoms with E-state index in [2.05, 4.69) is 15.1 Å². The normalized spacial score (nSPS) is 11.6. The molecule has 0 bridgehead atoms. The summed E-state index contributed by atoms with van der Waals surface area (Å²) in [5, 5.41) is 4.43. The van der Waals surface area contributed by atoms with E-state index in [0.29, 0.717) is 39.2 Å². The van der Waals surface area contributed by atoms with Crippen molar-refractivity contribution in [1.29, 1.82) is 0 Å². The number of H-pyrrole nitrogens is 2. The Labute approximate surface area is 163 Å². The van der Waals surface area contributed by atoms with Gasteiger partial charge in [0.2, 0.25) is 0 Å². The summed E-state index contributed by atoms with van der Waals surface area (Å²) in [6.45, 7) is 2.35. The molecule has 2 N–H and O–H groups in total. The Kier molecular flexibility index (Phi) is 4.63. The minimum Gasteiger partial charge on any atom is -0.493 e. The van der Waals surface area contributed by atoms with Crippen LogP contribution < -0.4 is 20.7 Å². The van der Waals surface area contributed by atoms with Crippen molar-refractivity contribution in [1.82, 2.24) is 14.6 Å². The van der Waals surface area contributed by atoms with Gasteiger partial charge in [-0.15, -0.1) is 4.68 Å². The van der Waals surface area contributed by atoms with E-state index < -0.39 is 17.1 Å². The van der Waals surface area contributed by atoms with Crippen molar-refractivity contribution < 1.29 is 13.9 Å². The highest BCUT2D eigenvalue weighted by atomic mass is 19.1. The van der Waals surface area contributed by atoms with Crippen LogP contribution in [0.2, 0.25) is 0 Å². The Bertz CT molecular complexity index is 1370. The van der Waals surface area contributed by atoms with Crippen molar-refractivity contribution in [2.24, 2.45) is 5.10 Å². The smallest absolute Gasteiger partial charge is 0.350 e. The summed E-state index contributed by atoms with van der Waals surface area (Å²) in [5.41, 5.74) is 0.133. The van der Waals surface area contributed by atoms with Crippen LogP contribution in [0.3, 0.4) is 0 Å². The van der Waals surface area contributed by atoms with Gasteiger partial charge >= 0.3 is 11.2 Å². The number of hydrogen-bond donors (Lipinski definition) is 2. The number of fused-ring (bicyclic) bond motifs is 3. The predicted molar refractivity (Wildman–Crippen MR) is 108 cm³/mol. The zero-order valence-electron chi connectivity index (χ0n) is 15.7. The zero-order chi connectivity index (χ0) is 20.5. The molecular formula is C20H17FN4O4. The van der Waals surface area contributed by atoms with Gasteiger partial charge in [0.25, 0.3) is 0 Å². The largest absolute Gasteiger partial charge is 0.493 e. The van der Waals surface area contributed by atoms with Crippen LogP contribution >= 0.6 is 0 Å². The molecule has 0 saturated heterocycles. The fraction of sp³-hybridized carbons (Fsp3) is 0.150. The summed E-state index contributed by atoms with van der Waals surface area (Å²) in [6, 6.07) is 9.14. The van der Waals surface area contributed by atoms with Crippen molar-refractivity contribution >= 4 is 28.2 Å². The molecule has 4 rings (SSSR count). The molecule has 4 aromatic rings. The van der Waals surface area contributed by atoms with Gasteiger partial charge < -0.3 is 19.4 Å². The van der Waals surface area contributed by atoms with Crippen LogP contribution in [-0.4, -0.2) is 34.6 Å². The standard InChI is InChI=1S/C20H17FN4O4/c1-3-29-15-7-4-11(8-16(15)28-2)10-22-25-19(26)18-17(24-20(25)27)13-9-12(21)5-6-14(13)23-18/h4-10,23H,3H2,1-2H3,(H,24,27)/b22-10+. The molecule has 2 heterocycles. The van der Waals surface area contributed by atoms with Crippen LogP contribution in [0.15, 0.2) is 51.1 Å². The minimum atomic E-state index is -0.734. The van der Waals surface area contributed by atoms with Crippen molar-refractivity contribution in [2.45, 2.75) is 6.92 Å². The third kappa shape index (κ3) is 3.27. The van der Waals surface area contributed by atoms with Gasteiger partial charge in [-0.25, -0.2) is 9.18 Å². The lowest BCUT2D eigenvalue weighted by molar-refractivity contribution is 0.311. The Morgan fingerprint density at radius 1 is 1.10 bits per heavy atom. The SMILES string of the molecule is CCOc1ccc(/C=N/n2c(=O)[nH]c3c([nH]c4ccc(F)cc43)c2=O)cc1OC. The van der Waals surface area contributed by atoms with Crippen molar-refractivity contribution in [3.8, 4) is 11.5 Å². The molecule has 8 nitrogen and oxygen atoms in total. The van der Waals surface area contributed by atoms with Gasteiger partial charge in [-0.2, -0.15) is 5.10 Å². The maximum Gasteiger partial charge on any atom is 0.350 e. The second-order valence-electron chi connectivity index (χ2n) is 6.20. The van der Waals surface area contributed by atoms with Crippen molar-refractivity contribution in [2.75, 3.05) is 13.7 Å². The number of hydrogen-bond acceptors (Lipinski definition) is 5. The van der Waals surface area contributed by atoms with Crippen LogP contribution in [0.4, 0.5) is 4.39 Å². The molecule has 0 radical (unpaired) electrons. The number of ether oxygens (including phenoxy) is 2. The predicted octanol–water partition coefficient (Wildman–Crippen LogP) is 2.60. The average Bonchev–Trinajstić information content (AvgIpc) is 3.07. The van der Waals surface area contributed by atoms with E-state index >= 15 is 0 Å². The second kappa shape index (κ2) is 7.27. The molecule has 0 aliphatic heterocycles. The third-order valence-corrected chi connectivity index (χ3v) is 4.40. The fourth-order valence-electron chi connectivity index (χ4n) is 3.08. The highest BCUT2D eigenvalue weighted by molar-refractivity contribution is 6.04. The van der Waals surface area contributed by atoms with E-state index in [1.165, 1.54) is 31.5 Å². The summed E-state index contributed by atoms with van der Waals surface area (Å²) >= 11 is 0. The number of rotatable bonds is 5. The van der Waals surface area contributed by atoms with Crippen LogP contribution in [0.25, 0.3) is 21.9 Å². The van der Waals surface area contributed by atoms with Gasteiger partial charge in [0.05, 0.1) is 25.4 Å². The van der Waals surface area contributed by atoms with Crippen molar-refractivity contribution in [3.63, 3.8) is 0 Å². The maximum atomic E-state index is 13.5. The van der Waals surface area contributed by atoms with E-state index in [4.69, 9.17) is 9.47 Å². The summed E-state index contributed by atoms with van der Waals surface area (Å²) in [4.78, 5) is 30.6. The van der Waals surface area contributed by atoms with Crippen LogP contribution in [0.1, 0.15) is 12.5 Å². The molecule has 0 aliphatic rings. The number of aromatic nitrogens is 3. The van der Waals surface area contributed by atoms with E-state index in [-0.39, 0.29) is 11.0 Å². The summed E-state index contributed by atoms with van der Waals surface area (Å²) in [5.74, 6) is 0.616. The molecule has 9 heteroatoms. The lowest BCUT2D eigenvalue weighted by Crippen LogP contribution is -2.32. The molecule has 0 amide bonds. The Morgan fingerprint density at radius 2 is 1.93 bits per heavy atom. The summed E-state index contributed by atoms with van der Waals surface area (Å²) in [7, 11) is 1.51. The summed E-state index contributed by atoms with van der Waals surface area (Å²) < 4.78 is 25.0. The van der Waals surface area contributed by atoms with Gasteiger partial charge in [0.1, 0.15) is 11.3 Å². The minimum absolute atomic E-state index is 0.131. The molecule has 2 aromatic heterocycles. The van der Waals surface area contributed by atoms with Gasteiger partial charge in [-0.3, -0.25) is 4.79 Å². The zero-order valence-corrected chi connectivity index (χ0v) is 15.7. The summed E-state index contributed by atoms with van der Waals surface area (Å²) in [6.07, 6.45) is 1.36. The van der Waals surface area contributed by atoms with E-state index in [1.807, 2.05) is 6.92 Å². The molecule has 0 saturated carbocycles. The number of nitrogens with one attached hydrogen (secondary N) is 2. The quantitative estimate of drug-likeness (QED) is 0.506. The van der Waals surface area contributed by atoms with Crippen LogP contribution in [-0.2, 0) is 0 Å². The van der Waals surface area contributed by atoms with E-state index in [1.54, 1.807) is 18.2 Å². The number of methoxy groups -OCH3 is 1. The van der Waals surface area contributed by atoms with Gasteiger partial charge in [0, 0.05) is 10.9 Å². The molecule has 148 valence electrons. The first-order valence-corrected chi connectivity index (χ1v) is 8.83. The monoisotopic (exact) mass is 396 g/mol. The molecule has 2 aromatic carbocycles. The van der Waals surface area contributed by atoms with Gasteiger partial charge in [-0.1, -0.05) is 0 Å². The second-order valence-corrected chi connectivity index (χ2v) is 6.20. The van der Waals surface area contributed by atoms with E-state index in [9.17, 15) is 14.0 Å². The van der Waals surface area contributed by atoms with Gasteiger partial charge in [-0.05, 0) is 48.9 Å². The Morgan fingerprint density at radius 3 is 2.69 bits per heavy atom. The maximum absolute atomic E-state index is 13.5. The van der Waals surface area contributed by atoms with Gasteiger partial charge in [0.15, 0.2) is 11.5 Å². The first-order chi connectivity index (χ1) is 14.0. The molecule has 0 unspecified atom stereocenters. The lowest BCUT2D eigenvalue weighted by Gasteiger charge is -2.09. The lowest BCUT2D eigenvalue weighted by atomic mass is 10.2. The fourth-order valence-corrected chi connectivity index (χ4v) is 3.08. The Balaban J connectivity index is 1.79.